The first kappa shape index (κ1) is 20.2. The number of nitrogens with one attached hydrogen (secondary N) is 1. The van der Waals surface area contributed by atoms with Crippen molar-refractivity contribution < 1.29 is 4.74 Å². The number of aryl methyl sites for hydroxylation is 1. The minimum absolute atomic E-state index is 0. The molecule has 0 spiro atoms. The van der Waals surface area contributed by atoms with Gasteiger partial charge in [0.25, 0.3) is 0 Å². The molecule has 0 amide bonds. The van der Waals surface area contributed by atoms with E-state index in [2.05, 4.69) is 34.3 Å². The Bertz CT molecular complexity index is 495. The van der Waals surface area contributed by atoms with Gasteiger partial charge in [0.2, 0.25) is 0 Å². The van der Waals surface area contributed by atoms with Crippen molar-refractivity contribution in [3.63, 3.8) is 0 Å². The normalized spacial score (nSPS) is 18.7. The number of benzene rings is 1. The van der Waals surface area contributed by atoms with Crippen LogP contribution in [0, 0.1) is 0 Å². The topological polar surface area (TPSA) is 62.9 Å². The summed E-state index contributed by atoms with van der Waals surface area (Å²) in [6.45, 7) is 5.77. The maximum atomic E-state index is 6.02. The third-order valence-electron chi connectivity index (χ3n) is 4.16. The van der Waals surface area contributed by atoms with E-state index in [9.17, 15) is 0 Å². The van der Waals surface area contributed by atoms with E-state index in [4.69, 9.17) is 10.5 Å². The quantitative estimate of drug-likeness (QED) is 0.395. The van der Waals surface area contributed by atoms with Crippen LogP contribution in [0.1, 0.15) is 25.3 Å². The van der Waals surface area contributed by atoms with Gasteiger partial charge in [-0.2, -0.15) is 0 Å². The summed E-state index contributed by atoms with van der Waals surface area (Å²) in [5, 5.41) is 3.18. The minimum Gasteiger partial charge on any atom is -0.383 e. The third kappa shape index (κ3) is 6.64. The zero-order valence-corrected chi connectivity index (χ0v) is 16.5. The molecular formula is C17H29IN4O. The SMILES string of the molecule is CCc1cccc(NC(N)=NCC2CCCN2CCOC)c1.I. The highest BCUT2D eigenvalue weighted by Crippen LogP contribution is 2.17. The lowest BCUT2D eigenvalue weighted by Gasteiger charge is -2.22. The fourth-order valence-electron chi connectivity index (χ4n) is 2.86. The van der Waals surface area contributed by atoms with Crippen LogP contribution in [0.25, 0.3) is 0 Å². The van der Waals surface area contributed by atoms with E-state index in [1.54, 1.807) is 7.11 Å². The molecule has 1 aliphatic heterocycles. The molecule has 1 heterocycles. The van der Waals surface area contributed by atoms with Crippen molar-refractivity contribution in [2.45, 2.75) is 32.2 Å². The van der Waals surface area contributed by atoms with Crippen molar-refractivity contribution in [3.05, 3.63) is 29.8 Å². The van der Waals surface area contributed by atoms with Gasteiger partial charge in [-0.3, -0.25) is 9.89 Å². The molecule has 1 saturated heterocycles. The van der Waals surface area contributed by atoms with Crippen molar-refractivity contribution >= 4 is 35.6 Å². The van der Waals surface area contributed by atoms with Gasteiger partial charge in [0, 0.05) is 25.4 Å². The maximum Gasteiger partial charge on any atom is 0.193 e. The second kappa shape index (κ2) is 10.8. The van der Waals surface area contributed by atoms with E-state index < -0.39 is 0 Å². The number of aliphatic imine (C=N–C) groups is 1. The number of hydrogen-bond acceptors (Lipinski definition) is 3. The van der Waals surface area contributed by atoms with Crippen molar-refractivity contribution in [2.75, 3.05) is 38.7 Å². The summed E-state index contributed by atoms with van der Waals surface area (Å²) in [5.74, 6) is 0.492. The summed E-state index contributed by atoms with van der Waals surface area (Å²) >= 11 is 0. The Morgan fingerprint density at radius 2 is 2.30 bits per heavy atom. The fraction of sp³-hybridized carbons (Fsp3) is 0.588. The van der Waals surface area contributed by atoms with Crippen LogP contribution in [0.4, 0.5) is 5.69 Å². The van der Waals surface area contributed by atoms with Crippen LogP contribution < -0.4 is 11.1 Å². The fourth-order valence-corrected chi connectivity index (χ4v) is 2.86. The van der Waals surface area contributed by atoms with Crippen LogP contribution in [0.15, 0.2) is 29.3 Å². The molecule has 5 nitrogen and oxygen atoms in total. The molecule has 23 heavy (non-hydrogen) atoms. The molecule has 1 aromatic carbocycles. The Morgan fingerprint density at radius 1 is 1.48 bits per heavy atom. The van der Waals surface area contributed by atoms with Gasteiger partial charge in [-0.1, -0.05) is 19.1 Å². The van der Waals surface area contributed by atoms with Crippen LogP contribution in [-0.2, 0) is 11.2 Å². The summed E-state index contributed by atoms with van der Waals surface area (Å²) in [4.78, 5) is 6.96. The van der Waals surface area contributed by atoms with Gasteiger partial charge in [0.15, 0.2) is 5.96 Å². The number of anilines is 1. The van der Waals surface area contributed by atoms with Crippen LogP contribution >= 0.6 is 24.0 Å². The number of hydrogen-bond donors (Lipinski definition) is 2. The third-order valence-corrected chi connectivity index (χ3v) is 4.16. The molecule has 1 aliphatic rings. The second-order valence-corrected chi connectivity index (χ2v) is 5.73. The molecule has 1 unspecified atom stereocenters. The lowest BCUT2D eigenvalue weighted by Crippen LogP contribution is -2.35. The lowest BCUT2D eigenvalue weighted by molar-refractivity contribution is 0.143. The molecule has 0 bridgehead atoms. The maximum absolute atomic E-state index is 6.02. The molecule has 0 radical (unpaired) electrons. The first-order chi connectivity index (χ1) is 10.7. The molecule has 0 aromatic heterocycles. The van der Waals surface area contributed by atoms with E-state index in [1.165, 1.54) is 18.4 Å². The largest absolute Gasteiger partial charge is 0.383 e. The van der Waals surface area contributed by atoms with E-state index in [0.717, 1.165) is 38.3 Å². The number of guanidine groups is 1. The Kier molecular flexibility index (Phi) is 9.50. The predicted octanol–water partition coefficient (Wildman–Crippen LogP) is 2.70. The Hall–Kier alpha value is -0.860. The first-order valence-corrected chi connectivity index (χ1v) is 8.11. The van der Waals surface area contributed by atoms with Gasteiger partial charge < -0.3 is 15.8 Å². The monoisotopic (exact) mass is 432 g/mol. The number of methoxy groups -OCH3 is 1. The second-order valence-electron chi connectivity index (χ2n) is 5.73. The molecule has 0 aliphatic carbocycles. The lowest BCUT2D eigenvalue weighted by atomic mass is 10.1. The zero-order chi connectivity index (χ0) is 15.8. The van der Waals surface area contributed by atoms with Crippen LogP contribution in [0.3, 0.4) is 0 Å². The number of rotatable bonds is 7. The van der Waals surface area contributed by atoms with Gasteiger partial charge in [0.1, 0.15) is 0 Å². The number of likely N-dealkylation sites (tertiary alicyclic amines) is 1. The number of nitrogens with two attached hydrogens (primary N) is 1. The predicted molar refractivity (Wildman–Crippen MR) is 108 cm³/mol. The van der Waals surface area contributed by atoms with E-state index in [1.807, 2.05) is 12.1 Å². The van der Waals surface area contributed by atoms with Crippen molar-refractivity contribution in [1.29, 1.82) is 0 Å². The molecule has 1 fully saturated rings. The Balaban J connectivity index is 0.00000264. The summed E-state index contributed by atoms with van der Waals surface area (Å²) < 4.78 is 5.16. The van der Waals surface area contributed by atoms with Gasteiger partial charge in [-0.05, 0) is 43.5 Å². The molecule has 1 atom stereocenters. The molecule has 0 saturated carbocycles. The van der Waals surface area contributed by atoms with Gasteiger partial charge in [0.05, 0.1) is 13.2 Å². The highest BCUT2D eigenvalue weighted by atomic mass is 127. The van der Waals surface area contributed by atoms with Crippen molar-refractivity contribution in [2.24, 2.45) is 10.7 Å². The summed E-state index contributed by atoms with van der Waals surface area (Å²) in [6, 6.07) is 8.77. The first-order valence-electron chi connectivity index (χ1n) is 8.11. The smallest absolute Gasteiger partial charge is 0.193 e. The van der Waals surface area contributed by atoms with Crippen LogP contribution in [0.2, 0.25) is 0 Å². The molecule has 2 rings (SSSR count). The summed E-state index contributed by atoms with van der Waals surface area (Å²) in [6.07, 6.45) is 3.44. The molecule has 130 valence electrons. The number of nitrogens with zero attached hydrogens (tertiary/aromatic N) is 2. The Morgan fingerprint density at radius 3 is 3.04 bits per heavy atom. The zero-order valence-electron chi connectivity index (χ0n) is 14.1. The highest BCUT2D eigenvalue weighted by Gasteiger charge is 2.23. The average Bonchev–Trinajstić information content (AvgIpc) is 2.98. The molecule has 3 N–H and O–H groups in total. The Labute approximate surface area is 156 Å². The summed E-state index contributed by atoms with van der Waals surface area (Å²) in [5.41, 5.74) is 8.31. The summed E-state index contributed by atoms with van der Waals surface area (Å²) in [7, 11) is 1.75. The van der Waals surface area contributed by atoms with Gasteiger partial charge in [-0.25, -0.2) is 0 Å². The minimum atomic E-state index is 0. The van der Waals surface area contributed by atoms with Crippen LogP contribution in [0.5, 0.6) is 0 Å². The average molecular weight is 432 g/mol. The van der Waals surface area contributed by atoms with E-state index >= 15 is 0 Å². The van der Waals surface area contributed by atoms with Gasteiger partial charge in [-0.15, -0.1) is 24.0 Å². The van der Waals surface area contributed by atoms with Crippen molar-refractivity contribution in [3.8, 4) is 0 Å². The molecule has 1 aromatic rings. The van der Waals surface area contributed by atoms with E-state index in [-0.39, 0.29) is 24.0 Å². The van der Waals surface area contributed by atoms with Crippen molar-refractivity contribution in [1.82, 2.24) is 4.90 Å². The van der Waals surface area contributed by atoms with Crippen LogP contribution in [-0.4, -0.2) is 50.3 Å². The molecule has 6 heteroatoms. The van der Waals surface area contributed by atoms with Gasteiger partial charge >= 0.3 is 0 Å². The van der Waals surface area contributed by atoms with E-state index in [0.29, 0.717) is 12.0 Å². The number of ether oxygens (including phenoxy) is 1. The molecular weight excluding hydrogens is 403 g/mol. The standard InChI is InChI=1S/C17H28N4O.HI/c1-3-14-6-4-7-15(12-14)20-17(18)19-13-16-8-5-9-21(16)10-11-22-2;/h4,6-7,12,16H,3,5,8-11,13H2,1-2H3,(H3,18,19,20);1H. The number of halogens is 1. The highest BCUT2D eigenvalue weighted by molar-refractivity contribution is 14.0.